The molecule has 1 N–H and O–H groups in total. The quantitative estimate of drug-likeness (QED) is 0.511. The van der Waals surface area contributed by atoms with Crippen molar-refractivity contribution in [2.45, 2.75) is 38.5 Å². The Balaban J connectivity index is 1.92. The number of benzene rings is 1. The number of ether oxygens (including phenoxy) is 1. The van der Waals surface area contributed by atoms with Crippen LogP contribution in [0.3, 0.4) is 0 Å². The van der Waals surface area contributed by atoms with Gasteiger partial charge in [0.15, 0.2) is 0 Å². The zero-order valence-electron chi connectivity index (χ0n) is 11.3. The third kappa shape index (κ3) is 7.29. The first-order valence-electron chi connectivity index (χ1n) is 6.79. The lowest BCUT2D eigenvalue weighted by Gasteiger charge is -2.05. The number of carboxylic acid groups (broad SMARTS) is 1. The maximum absolute atomic E-state index is 10.5. The number of unbranched alkanes of at least 4 members (excludes halogenated alkanes) is 4. The molecule has 0 fully saturated rings. The molecule has 0 aromatic heterocycles. The Bertz CT molecular complexity index is 384. The van der Waals surface area contributed by atoms with Crippen LogP contribution in [0.1, 0.15) is 38.5 Å². The molecule has 3 heteroatoms. The average Bonchev–Trinajstić information content (AvgIpc) is 2.42. The summed E-state index contributed by atoms with van der Waals surface area (Å²) in [4.78, 5) is 10.5. The molecule has 0 aliphatic carbocycles. The average molecular weight is 262 g/mol. The van der Waals surface area contributed by atoms with Gasteiger partial charge in [0.25, 0.3) is 0 Å². The summed E-state index contributed by atoms with van der Waals surface area (Å²) >= 11 is 0. The minimum Gasteiger partial charge on any atom is -0.494 e. The second-order valence-electron chi connectivity index (χ2n) is 4.59. The van der Waals surface area contributed by atoms with Crippen molar-refractivity contribution in [3.8, 4) is 5.75 Å². The molecule has 0 aliphatic rings. The molecule has 1 aromatic carbocycles. The Morgan fingerprint density at radius 2 is 1.68 bits per heavy atom. The van der Waals surface area contributed by atoms with Gasteiger partial charge in [0.2, 0.25) is 0 Å². The molecular weight excluding hydrogens is 240 g/mol. The standard InChI is InChI=1S/C16H22O3/c1-14(16(17)18)10-6-3-2-4-9-13-19-15-11-7-5-8-12-15/h5,7-8,11-12H,1-4,6,9-10,13H2,(H,17,18). The van der Waals surface area contributed by atoms with E-state index in [1.807, 2.05) is 30.3 Å². The summed E-state index contributed by atoms with van der Waals surface area (Å²) in [6, 6.07) is 9.81. The Morgan fingerprint density at radius 1 is 1.05 bits per heavy atom. The highest BCUT2D eigenvalue weighted by Gasteiger charge is 2.02. The van der Waals surface area contributed by atoms with Crippen LogP contribution in [-0.2, 0) is 4.79 Å². The smallest absolute Gasteiger partial charge is 0.330 e. The second-order valence-corrected chi connectivity index (χ2v) is 4.59. The maximum atomic E-state index is 10.5. The van der Waals surface area contributed by atoms with Crippen LogP contribution in [0.5, 0.6) is 5.75 Å². The monoisotopic (exact) mass is 262 g/mol. The third-order valence-electron chi connectivity index (χ3n) is 2.94. The van der Waals surface area contributed by atoms with Crippen LogP contribution < -0.4 is 4.74 Å². The molecule has 0 saturated heterocycles. The van der Waals surface area contributed by atoms with E-state index < -0.39 is 5.97 Å². The highest BCUT2D eigenvalue weighted by atomic mass is 16.5. The summed E-state index contributed by atoms with van der Waals surface area (Å²) < 4.78 is 5.59. The van der Waals surface area contributed by atoms with Crippen molar-refractivity contribution in [2.75, 3.05) is 6.61 Å². The maximum Gasteiger partial charge on any atom is 0.330 e. The molecule has 3 nitrogen and oxygen atoms in total. The van der Waals surface area contributed by atoms with Gasteiger partial charge < -0.3 is 9.84 Å². The summed E-state index contributed by atoms with van der Waals surface area (Å²) in [6.07, 6.45) is 5.82. The molecule has 1 aromatic rings. The molecule has 0 bridgehead atoms. The number of hydrogen-bond acceptors (Lipinski definition) is 2. The van der Waals surface area contributed by atoms with E-state index in [0.29, 0.717) is 12.0 Å². The van der Waals surface area contributed by atoms with Gasteiger partial charge in [0.05, 0.1) is 6.61 Å². The predicted molar refractivity (Wildman–Crippen MR) is 76.4 cm³/mol. The van der Waals surface area contributed by atoms with Crippen molar-refractivity contribution < 1.29 is 14.6 Å². The van der Waals surface area contributed by atoms with Gasteiger partial charge in [0.1, 0.15) is 5.75 Å². The topological polar surface area (TPSA) is 46.5 Å². The lowest BCUT2D eigenvalue weighted by molar-refractivity contribution is -0.132. The fourth-order valence-corrected chi connectivity index (χ4v) is 1.78. The summed E-state index contributed by atoms with van der Waals surface area (Å²) in [5, 5.41) is 8.65. The van der Waals surface area contributed by atoms with Crippen LogP contribution >= 0.6 is 0 Å². The van der Waals surface area contributed by atoms with Crippen LogP contribution in [0.15, 0.2) is 42.5 Å². The van der Waals surface area contributed by atoms with Crippen LogP contribution in [0.2, 0.25) is 0 Å². The normalized spacial score (nSPS) is 10.1. The van der Waals surface area contributed by atoms with E-state index in [2.05, 4.69) is 6.58 Å². The molecule has 0 heterocycles. The molecule has 1 rings (SSSR count). The molecule has 0 unspecified atom stereocenters. The minimum absolute atomic E-state index is 0.312. The summed E-state index contributed by atoms with van der Waals surface area (Å²) in [7, 11) is 0. The van der Waals surface area contributed by atoms with E-state index in [1.165, 1.54) is 0 Å². The number of carboxylic acids is 1. The van der Waals surface area contributed by atoms with E-state index in [4.69, 9.17) is 9.84 Å². The Kier molecular flexibility index (Phi) is 7.40. The summed E-state index contributed by atoms with van der Waals surface area (Å²) in [5.74, 6) is 0.0384. The van der Waals surface area contributed by atoms with Gasteiger partial charge in [-0.3, -0.25) is 0 Å². The Morgan fingerprint density at radius 3 is 2.37 bits per heavy atom. The number of carbonyl (C=O) groups is 1. The van der Waals surface area contributed by atoms with Gasteiger partial charge in [-0.25, -0.2) is 4.79 Å². The van der Waals surface area contributed by atoms with Crippen molar-refractivity contribution in [1.82, 2.24) is 0 Å². The summed E-state index contributed by atoms with van der Waals surface area (Å²) in [6.45, 7) is 4.26. The first kappa shape index (κ1) is 15.3. The van der Waals surface area contributed by atoms with E-state index in [9.17, 15) is 4.79 Å². The molecule has 0 atom stereocenters. The van der Waals surface area contributed by atoms with Gasteiger partial charge >= 0.3 is 5.97 Å². The molecular formula is C16H22O3. The van der Waals surface area contributed by atoms with Gasteiger partial charge in [-0.15, -0.1) is 0 Å². The van der Waals surface area contributed by atoms with Gasteiger partial charge in [-0.05, 0) is 31.4 Å². The largest absolute Gasteiger partial charge is 0.494 e. The molecule has 19 heavy (non-hydrogen) atoms. The molecule has 0 saturated carbocycles. The van der Waals surface area contributed by atoms with E-state index >= 15 is 0 Å². The fraction of sp³-hybridized carbons (Fsp3) is 0.438. The SMILES string of the molecule is C=C(CCCCCCCOc1ccccc1)C(=O)O. The van der Waals surface area contributed by atoms with E-state index in [-0.39, 0.29) is 0 Å². The summed E-state index contributed by atoms with van der Waals surface area (Å²) in [5.41, 5.74) is 0.312. The van der Waals surface area contributed by atoms with Crippen LogP contribution in [0.4, 0.5) is 0 Å². The zero-order chi connectivity index (χ0) is 13.9. The number of para-hydroxylation sites is 1. The van der Waals surface area contributed by atoms with Crippen molar-refractivity contribution >= 4 is 5.97 Å². The lowest BCUT2D eigenvalue weighted by Crippen LogP contribution is -1.99. The molecule has 0 aliphatic heterocycles. The van der Waals surface area contributed by atoms with Crippen molar-refractivity contribution in [3.05, 3.63) is 42.5 Å². The second kappa shape index (κ2) is 9.20. The molecule has 0 amide bonds. The number of rotatable bonds is 10. The first-order chi connectivity index (χ1) is 9.20. The number of hydrogen-bond donors (Lipinski definition) is 1. The van der Waals surface area contributed by atoms with Crippen molar-refractivity contribution in [3.63, 3.8) is 0 Å². The third-order valence-corrected chi connectivity index (χ3v) is 2.94. The van der Waals surface area contributed by atoms with Crippen LogP contribution in [0.25, 0.3) is 0 Å². The first-order valence-corrected chi connectivity index (χ1v) is 6.79. The van der Waals surface area contributed by atoms with E-state index in [0.717, 1.165) is 44.5 Å². The Labute approximate surface area is 114 Å². The van der Waals surface area contributed by atoms with E-state index in [1.54, 1.807) is 0 Å². The zero-order valence-corrected chi connectivity index (χ0v) is 11.3. The Hall–Kier alpha value is -1.77. The van der Waals surface area contributed by atoms with Crippen LogP contribution in [-0.4, -0.2) is 17.7 Å². The van der Waals surface area contributed by atoms with Gasteiger partial charge in [0, 0.05) is 5.57 Å². The fourth-order valence-electron chi connectivity index (χ4n) is 1.78. The minimum atomic E-state index is -0.878. The highest BCUT2D eigenvalue weighted by molar-refractivity contribution is 5.85. The van der Waals surface area contributed by atoms with Gasteiger partial charge in [-0.1, -0.05) is 44.0 Å². The van der Waals surface area contributed by atoms with Crippen molar-refractivity contribution in [1.29, 1.82) is 0 Å². The van der Waals surface area contributed by atoms with Gasteiger partial charge in [-0.2, -0.15) is 0 Å². The molecule has 0 spiro atoms. The molecule has 0 radical (unpaired) electrons. The highest BCUT2D eigenvalue weighted by Crippen LogP contribution is 2.12. The molecule has 104 valence electrons. The number of aliphatic carboxylic acids is 1. The van der Waals surface area contributed by atoms with Crippen LogP contribution in [0, 0.1) is 0 Å². The predicted octanol–water partition coefficient (Wildman–Crippen LogP) is 4.05. The van der Waals surface area contributed by atoms with Crippen molar-refractivity contribution in [2.24, 2.45) is 0 Å². The lowest BCUT2D eigenvalue weighted by atomic mass is 10.1.